The van der Waals surface area contributed by atoms with Gasteiger partial charge >= 0.3 is 0 Å². The van der Waals surface area contributed by atoms with Gasteiger partial charge in [0.2, 0.25) is 5.90 Å². The number of nitriles is 1. The minimum atomic E-state index is -0.989. The van der Waals surface area contributed by atoms with E-state index in [0.717, 1.165) is 0 Å². The number of Topliss-reactive ketones (excluding diaryl/α,β-unsaturated/α-hetero) is 1. The minimum absolute atomic E-state index is 0.124. The first-order valence-corrected chi connectivity index (χ1v) is 7.69. The van der Waals surface area contributed by atoms with Gasteiger partial charge in [-0.05, 0) is 24.1 Å². The van der Waals surface area contributed by atoms with Gasteiger partial charge in [-0.15, -0.1) is 0 Å². The van der Waals surface area contributed by atoms with Crippen molar-refractivity contribution in [1.29, 1.82) is 10.7 Å². The van der Waals surface area contributed by atoms with Crippen molar-refractivity contribution < 1.29 is 13.9 Å². The molecule has 2 atom stereocenters. The summed E-state index contributed by atoms with van der Waals surface area (Å²) in [6.45, 7) is 0. The number of hydrogen-bond donors (Lipinski definition) is 1. The van der Waals surface area contributed by atoms with Crippen LogP contribution in [-0.4, -0.2) is 11.7 Å². The number of allylic oxidation sites excluding steroid dienone is 2. The number of hydrogen-bond acceptors (Lipinski definition) is 4. The number of carbonyl (C=O) groups excluding carboxylic acids is 1. The van der Waals surface area contributed by atoms with E-state index in [2.05, 4.69) is 15.9 Å². The Kier molecular flexibility index (Phi) is 3.83. The fraction of sp³-hybridized carbons (Fsp3) is 0.312. The van der Waals surface area contributed by atoms with E-state index < -0.39 is 17.7 Å². The Hall–Kier alpha value is -2.00. The molecule has 1 aromatic carbocycles. The number of nitrogens with one attached hydrogen (secondary N) is 1. The lowest BCUT2D eigenvalue weighted by Gasteiger charge is -2.34. The van der Waals surface area contributed by atoms with Crippen LogP contribution in [0.25, 0.3) is 0 Å². The average Bonchev–Trinajstić information content (AvgIpc) is 2.46. The quantitative estimate of drug-likeness (QED) is 0.824. The molecule has 1 heterocycles. The molecule has 1 aliphatic carbocycles. The second-order valence-corrected chi connectivity index (χ2v) is 6.25. The summed E-state index contributed by atoms with van der Waals surface area (Å²) in [7, 11) is 0. The van der Waals surface area contributed by atoms with Crippen LogP contribution in [0.1, 0.15) is 30.7 Å². The Balaban J connectivity index is 2.21. The zero-order valence-corrected chi connectivity index (χ0v) is 13.1. The second-order valence-electron chi connectivity index (χ2n) is 5.33. The van der Waals surface area contributed by atoms with Gasteiger partial charge in [0.15, 0.2) is 5.78 Å². The molecule has 0 radical (unpaired) electrons. The van der Waals surface area contributed by atoms with Gasteiger partial charge in [0.25, 0.3) is 0 Å². The molecule has 2 aliphatic rings. The third-order valence-corrected chi connectivity index (χ3v) is 4.50. The number of ketones is 1. The predicted molar refractivity (Wildman–Crippen MR) is 80.6 cm³/mol. The summed E-state index contributed by atoms with van der Waals surface area (Å²) >= 11 is 3.19. The van der Waals surface area contributed by atoms with E-state index in [9.17, 15) is 14.4 Å². The van der Waals surface area contributed by atoms with Crippen molar-refractivity contribution in [2.24, 2.45) is 5.92 Å². The van der Waals surface area contributed by atoms with E-state index >= 15 is 0 Å². The molecule has 6 heteroatoms. The first-order valence-electron chi connectivity index (χ1n) is 6.90. The molecule has 0 spiro atoms. The molecule has 1 aliphatic heterocycles. The predicted octanol–water partition coefficient (Wildman–Crippen LogP) is 3.83. The highest BCUT2D eigenvalue weighted by Crippen LogP contribution is 2.44. The SMILES string of the molecule is N#CC1C(=N)OC2=C(C(=O)CCC2)C1c1ccc(Br)cc1F. The number of benzene rings is 1. The van der Waals surface area contributed by atoms with Gasteiger partial charge in [-0.2, -0.15) is 5.26 Å². The van der Waals surface area contributed by atoms with Gasteiger partial charge in [0.05, 0.1) is 6.07 Å². The van der Waals surface area contributed by atoms with Gasteiger partial charge in [-0.3, -0.25) is 10.2 Å². The van der Waals surface area contributed by atoms with Crippen LogP contribution < -0.4 is 0 Å². The van der Waals surface area contributed by atoms with Crippen LogP contribution >= 0.6 is 15.9 Å². The first kappa shape index (κ1) is 14.9. The number of carbonyl (C=O) groups is 1. The summed E-state index contributed by atoms with van der Waals surface area (Å²) in [6, 6.07) is 6.51. The highest BCUT2D eigenvalue weighted by atomic mass is 79.9. The summed E-state index contributed by atoms with van der Waals surface area (Å²) in [4.78, 5) is 12.3. The maximum absolute atomic E-state index is 14.4. The lowest BCUT2D eigenvalue weighted by molar-refractivity contribution is -0.116. The summed E-state index contributed by atoms with van der Waals surface area (Å²) in [6.07, 6.45) is 1.55. The largest absolute Gasteiger partial charge is 0.446 e. The molecular weight excluding hydrogens is 351 g/mol. The maximum atomic E-state index is 14.4. The summed E-state index contributed by atoms with van der Waals surface area (Å²) in [5.41, 5.74) is 0.612. The molecule has 0 aromatic heterocycles. The number of rotatable bonds is 1. The fourth-order valence-corrected chi connectivity index (χ4v) is 3.36. The Labute approximate surface area is 135 Å². The van der Waals surface area contributed by atoms with Crippen LogP contribution in [0.2, 0.25) is 0 Å². The molecule has 0 saturated heterocycles. The standard InChI is InChI=1S/C16H12BrFN2O2/c17-8-4-5-9(11(18)6-8)14-10(7-19)16(20)22-13-3-1-2-12(21)15(13)14/h4-6,10,14,20H,1-3H2. The molecular formula is C16H12BrFN2O2. The van der Waals surface area contributed by atoms with Crippen molar-refractivity contribution in [3.05, 3.63) is 45.4 Å². The molecule has 0 fully saturated rings. The highest BCUT2D eigenvalue weighted by Gasteiger charge is 2.43. The number of nitrogens with zero attached hydrogens (tertiary/aromatic N) is 1. The molecule has 1 aromatic rings. The molecule has 1 N–H and O–H groups in total. The first-order chi connectivity index (χ1) is 10.5. The monoisotopic (exact) mass is 362 g/mol. The van der Waals surface area contributed by atoms with Gasteiger partial charge in [0, 0.05) is 28.8 Å². The normalized spacial score (nSPS) is 24.6. The summed E-state index contributed by atoms with van der Waals surface area (Å²) < 4.78 is 20.3. The van der Waals surface area contributed by atoms with Crippen molar-refractivity contribution in [3.63, 3.8) is 0 Å². The molecule has 2 unspecified atom stereocenters. The average molecular weight is 363 g/mol. The van der Waals surface area contributed by atoms with Crippen molar-refractivity contribution in [1.82, 2.24) is 0 Å². The second kappa shape index (κ2) is 5.65. The van der Waals surface area contributed by atoms with Crippen LogP contribution in [0.15, 0.2) is 34.0 Å². The van der Waals surface area contributed by atoms with Crippen LogP contribution in [0.3, 0.4) is 0 Å². The van der Waals surface area contributed by atoms with Gasteiger partial charge in [-0.25, -0.2) is 4.39 Å². The van der Waals surface area contributed by atoms with E-state index in [4.69, 9.17) is 10.1 Å². The van der Waals surface area contributed by atoms with E-state index in [-0.39, 0.29) is 17.2 Å². The summed E-state index contributed by atoms with van der Waals surface area (Å²) in [5, 5.41) is 17.3. The van der Waals surface area contributed by atoms with Crippen molar-refractivity contribution >= 4 is 27.6 Å². The Bertz CT molecular complexity index is 751. The molecule has 0 amide bonds. The van der Waals surface area contributed by atoms with E-state index in [1.54, 1.807) is 12.1 Å². The topological polar surface area (TPSA) is 73.9 Å². The molecule has 0 bridgehead atoms. The van der Waals surface area contributed by atoms with E-state index in [1.165, 1.54) is 6.07 Å². The number of halogens is 2. The zero-order chi connectivity index (χ0) is 15.9. The molecule has 22 heavy (non-hydrogen) atoms. The van der Waals surface area contributed by atoms with Crippen molar-refractivity contribution in [2.45, 2.75) is 25.2 Å². The summed E-state index contributed by atoms with van der Waals surface area (Å²) in [5.74, 6) is -2.19. The van der Waals surface area contributed by atoms with Gasteiger partial charge in [-0.1, -0.05) is 22.0 Å². The molecule has 112 valence electrons. The third kappa shape index (κ3) is 2.35. The minimum Gasteiger partial charge on any atom is -0.446 e. The molecule has 3 rings (SSSR count). The fourth-order valence-electron chi connectivity index (χ4n) is 3.02. The van der Waals surface area contributed by atoms with Crippen molar-refractivity contribution in [3.8, 4) is 6.07 Å². The highest BCUT2D eigenvalue weighted by molar-refractivity contribution is 9.10. The maximum Gasteiger partial charge on any atom is 0.205 e. The molecule has 4 nitrogen and oxygen atoms in total. The van der Waals surface area contributed by atoms with Crippen LogP contribution in [0.4, 0.5) is 4.39 Å². The van der Waals surface area contributed by atoms with Gasteiger partial charge in [0.1, 0.15) is 17.5 Å². The number of ether oxygens (including phenoxy) is 1. The van der Waals surface area contributed by atoms with Crippen LogP contribution in [0.5, 0.6) is 0 Å². The molecule has 0 saturated carbocycles. The third-order valence-electron chi connectivity index (χ3n) is 4.01. The lowest BCUT2D eigenvalue weighted by atomic mass is 9.74. The Morgan fingerprint density at radius 1 is 1.41 bits per heavy atom. The van der Waals surface area contributed by atoms with Crippen molar-refractivity contribution in [2.75, 3.05) is 0 Å². The lowest BCUT2D eigenvalue weighted by Crippen LogP contribution is -2.35. The van der Waals surface area contributed by atoms with Gasteiger partial charge < -0.3 is 4.74 Å². The smallest absolute Gasteiger partial charge is 0.205 e. The van der Waals surface area contributed by atoms with E-state index in [1.807, 2.05) is 6.07 Å². The van der Waals surface area contributed by atoms with Crippen LogP contribution in [-0.2, 0) is 9.53 Å². The zero-order valence-electron chi connectivity index (χ0n) is 11.5. The van der Waals surface area contributed by atoms with E-state index in [0.29, 0.717) is 35.1 Å². The Morgan fingerprint density at radius 2 is 2.18 bits per heavy atom. The van der Waals surface area contributed by atoms with Crippen LogP contribution in [0, 0.1) is 28.5 Å². The Morgan fingerprint density at radius 3 is 2.86 bits per heavy atom.